The summed E-state index contributed by atoms with van der Waals surface area (Å²) in [5, 5.41) is 16.9. The van der Waals surface area contributed by atoms with Crippen LogP contribution in [0.2, 0.25) is 5.02 Å². The predicted octanol–water partition coefficient (Wildman–Crippen LogP) is 1.08. The number of nitrogens with one attached hydrogen (secondary N) is 2. The molecule has 0 bridgehead atoms. The molecule has 0 aliphatic carbocycles. The molecule has 0 saturated carbocycles. The van der Waals surface area contributed by atoms with E-state index in [2.05, 4.69) is 15.6 Å². The fourth-order valence-corrected chi connectivity index (χ4v) is 2.58. The van der Waals surface area contributed by atoms with Gasteiger partial charge in [-0.1, -0.05) is 11.6 Å². The first-order valence-corrected chi connectivity index (χ1v) is 6.83. The minimum Gasteiger partial charge on any atom is -0.391 e. The Morgan fingerprint density at radius 2 is 2.25 bits per heavy atom. The number of imidazole rings is 1. The third-order valence-corrected chi connectivity index (χ3v) is 3.71. The van der Waals surface area contributed by atoms with Gasteiger partial charge in [0.15, 0.2) is 0 Å². The highest BCUT2D eigenvalue weighted by Gasteiger charge is 2.24. The first kappa shape index (κ1) is 15.5. The van der Waals surface area contributed by atoms with E-state index in [0.29, 0.717) is 18.1 Å². The first-order valence-electron chi connectivity index (χ1n) is 6.45. The van der Waals surface area contributed by atoms with Crippen molar-refractivity contribution in [3.8, 4) is 0 Å². The lowest BCUT2D eigenvalue weighted by Crippen LogP contribution is -2.30. The van der Waals surface area contributed by atoms with Crippen LogP contribution in [0.4, 0.5) is 0 Å². The van der Waals surface area contributed by atoms with Crippen LogP contribution >= 0.6 is 24.0 Å². The molecule has 110 valence electrons. The number of halogens is 2. The number of aliphatic hydroxyl groups is 1. The van der Waals surface area contributed by atoms with Gasteiger partial charge in [-0.25, -0.2) is 4.98 Å². The van der Waals surface area contributed by atoms with Crippen molar-refractivity contribution in [3.63, 3.8) is 0 Å². The molecule has 0 spiro atoms. The fourth-order valence-electron chi connectivity index (χ4n) is 2.42. The second-order valence-electron chi connectivity index (χ2n) is 4.96. The lowest BCUT2D eigenvalue weighted by atomic mass is 10.1. The minimum atomic E-state index is -0.243. The molecule has 1 aliphatic rings. The van der Waals surface area contributed by atoms with E-state index in [9.17, 15) is 5.11 Å². The molecule has 3 rings (SSSR count). The van der Waals surface area contributed by atoms with Gasteiger partial charge in [0.05, 0.1) is 16.8 Å². The maximum absolute atomic E-state index is 9.69. The number of fused-ring (bicyclic) bond motifs is 1. The Labute approximate surface area is 128 Å². The summed E-state index contributed by atoms with van der Waals surface area (Å²) in [4.78, 5) is 4.50. The number of pyridine rings is 1. The molecule has 1 aliphatic heterocycles. The van der Waals surface area contributed by atoms with Crippen LogP contribution in [0.25, 0.3) is 5.65 Å². The summed E-state index contributed by atoms with van der Waals surface area (Å²) < 4.78 is 1.92. The Balaban J connectivity index is 0.00000147. The third kappa shape index (κ3) is 3.42. The van der Waals surface area contributed by atoms with Crippen molar-refractivity contribution in [3.05, 3.63) is 35.2 Å². The summed E-state index contributed by atoms with van der Waals surface area (Å²) in [5.74, 6) is 0.284. The Bertz CT molecular complexity index is 574. The van der Waals surface area contributed by atoms with Crippen molar-refractivity contribution in [1.29, 1.82) is 0 Å². The normalized spacial score (nSPS) is 22.1. The summed E-state index contributed by atoms with van der Waals surface area (Å²) in [7, 11) is 0. The van der Waals surface area contributed by atoms with Crippen LogP contribution < -0.4 is 10.6 Å². The molecular weight excluding hydrogens is 299 g/mol. The van der Waals surface area contributed by atoms with Crippen molar-refractivity contribution < 1.29 is 5.11 Å². The predicted molar refractivity (Wildman–Crippen MR) is 81.5 cm³/mol. The lowest BCUT2D eigenvalue weighted by Gasteiger charge is -2.13. The van der Waals surface area contributed by atoms with Gasteiger partial charge in [-0.2, -0.15) is 0 Å². The van der Waals surface area contributed by atoms with E-state index in [4.69, 9.17) is 11.6 Å². The Hall–Kier alpha value is -0.850. The van der Waals surface area contributed by atoms with Gasteiger partial charge in [0.2, 0.25) is 0 Å². The highest BCUT2D eigenvalue weighted by Crippen LogP contribution is 2.12. The molecule has 2 aromatic rings. The lowest BCUT2D eigenvalue weighted by molar-refractivity contribution is 0.146. The van der Waals surface area contributed by atoms with Crippen LogP contribution in [0.3, 0.4) is 0 Å². The van der Waals surface area contributed by atoms with Crippen LogP contribution in [0, 0.1) is 5.92 Å². The van der Waals surface area contributed by atoms with Crippen molar-refractivity contribution >= 4 is 29.7 Å². The number of nitrogens with zero attached hydrogens (tertiary/aromatic N) is 2. The molecule has 0 amide bonds. The van der Waals surface area contributed by atoms with Gasteiger partial charge in [-0.3, -0.25) is 0 Å². The van der Waals surface area contributed by atoms with Crippen LogP contribution in [-0.2, 0) is 6.54 Å². The second-order valence-corrected chi connectivity index (χ2v) is 5.40. The molecule has 1 saturated heterocycles. The van der Waals surface area contributed by atoms with Gasteiger partial charge in [0.25, 0.3) is 0 Å². The fraction of sp³-hybridized carbons (Fsp3) is 0.462. The molecule has 3 heterocycles. The third-order valence-electron chi connectivity index (χ3n) is 3.48. The largest absolute Gasteiger partial charge is 0.391 e. The van der Waals surface area contributed by atoms with Crippen molar-refractivity contribution in [2.75, 3.05) is 19.6 Å². The SMILES string of the molecule is Cl.OC1CNCC1CNCc1cn2cc(Cl)ccc2n1. The molecule has 3 N–H and O–H groups in total. The maximum Gasteiger partial charge on any atom is 0.137 e. The molecule has 2 aromatic heterocycles. The number of β-amino-alcohol motifs (C(OH)–C–C–N with tert-alkyl or cyclic N) is 1. The van der Waals surface area contributed by atoms with Gasteiger partial charge in [-0.15, -0.1) is 12.4 Å². The summed E-state index contributed by atoms with van der Waals surface area (Å²) in [6, 6.07) is 3.73. The Morgan fingerprint density at radius 3 is 3.00 bits per heavy atom. The van der Waals surface area contributed by atoms with E-state index < -0.39 is 0 Å². The van der Waals surface area contributed by atoms with E-state index in [-0.39, 0.29) is 24.4 Å². The van der Waals surface area contributed by atoms with Crippen molar-refractivity contribution in [2.24, 2.45) is 5.92 Å². The van der Waals surface area contributed by atoms with E-state index in [1.165, 1.54) is 0 Å². The summed E-state index contributed by atoms with van der Waals surface area (Å²) >= 11 is 5.94. The summed E-state index contributed by atoms with van der Waals surface area (Å²) in [6.45, 7) is 3.06. The van der Waals surface area contributed by atoms with E-state index in [0.717, 1.165) is 24.4 Å². The standard InChI is InChI=1S/C13H17ClN4O.ClH/c14-10-1-2-13-17-11(8-18(13)7-10)5-15-3-9-4-16-6-12(9)19;/h1-2,7-9,12,15-16,19H,3-6H2;1H. The van der Waals surface area contributed by atoms with E-state index in [1.807, 2.05) is 28.9 Å². The molecule has 0 radical (unpaired) electrons. The maximum atomic E-state index is 9.69. The second kappa shape index (κ2) is 6.74. The number of aromatic nitrogens is 2. The molecule has 7 heteroatoms. The van der Waals surface area contributed by atoms with E-state index >= 15 is 0 Å². The molecule has 2 unspecified atom stereocenters. The average Bonchev–Trinajstić information content (AvgIpc) is 2.95. The monoisotopic (exact) mass is 316 g/mol. The van der Waals surface area contributed by atoms with Gasteiger partial charge in [0, 0.05) is 44.5 Å². The van der Waals surface area contributed by atoms with E-state index in [1.54, 1.807) is 0 Å². The van der Waals surface area contributed by atoms with Gasteiger partial charge < -0.3 is 20.1 Å². The highest BCUT2D eigenvalue weighted by atomic mass is 35.5. The van der Waals surface area contributed by atoms with Crippen LogP contribution in [0.15, 0.2) is 24.5 Å². The molecule has 5 nitrogen and oxygen atoms in total. The van der Waals surface area contributed by atoms with Crippen LogP contribution in [0.5, 0.6) is 0 Å². The first-order chi connectivity index (χ1) is 9.22. The number of hydrogen-bond acceptors (Lipinski definition) is 4. The highest BCUT2D eigenvalue weighted by molar-refractivity contribution is 6.30. The minimum absolute atomic E-state index is 0. The quantitative estimate of drug-likeness (QED) is 0.790. The zero-order valence-corrected chi connectivity index (χ0v) is 12.5. The molecule has 2 atom stereocenters. The zero-order chi connectivity index (χ0) is 13.2. The summed E-state index contributed by atoms with van der Waals surface area (Å²) in [5.41, 5.74) is 1.87. The van der Waals surface area contributed by atoms with Gasteiger partial charge in [-0.05, 0) is 12.1 Å². The number of rotatable bonds is 4. The van der Waals surface area contributed by atoms with Crippen LogP contribution in [-0.4, -0.2) is 40.2 Å². The van der Waals surface area contributed by atoms with Crippen LogP contribution in [0.1, 0.15) is 5.69 Å². The van der Waals surface area contributed by atoms with Gasteiger partial charge in [0.1, 0.15) is 5.65 Å². The number of aliphatic hydroxyl groups excluding tert-OH is 1. The molecule has 20 heavy (non-hydrogen) atoms. The van der Waals surface area contributed by atoms with Gasteiger partial charge >= 0.3 is 0 Å². The average molecular weight is 317 g/mol. The zero-order valence-electron chi connectivity index (χ0n) is 10.9. The Morgan fingerprint density at radius 1 is 1.40 bits per heavy atom. The summed E-state index contributed by atoms with van der Waals surface area (Å²) in [6.07, 6.45) is 3.57. The number of hydrogen-bond donors (Lipinski definition) is 3. The molecular formula is C13H18Cl2N4O. The van der Waals surface area contributed by atoms with Crippen molar-refractivity contribution in [2.45, 2.75) is 12.6 Å². The molecule has 0 aromatic carbocycles. The topological polar surface area (TPSA) is 61.6 Å². The van der Waals surface area contributed by atoms with Crippen molar-refractivity contribution in [1.82, 2.24) is 20.0 Å². The Kier molecular flexibility index (Phi) is 5.23. The molecule has 1 fully saturated rings. The smallest absolute Gasteiger partial charge is 0.137 e.